The summed E-state index contributed by atoms with van der Waals surface area (Å²) in [6.45, 7) is -0.335. The molecule has 2 aromatic heterocycles. The second-order valence-corrected chi connectivity index (χ2v) is 9.34. The minimum atomic E-state index is -1.08. The molecule has 1 aliphatic carbocycles. The molecule has 0 spiro atoms. The number of fused-ring (bicyclic) bond motifs is 1. The molecule has 1 aliphatic heterocycles. The zero-order valence-corrected chi connectivity index (χ0v) is 19.6. The smallest absolute Gasteiger partial charge is 0.220 e. The van der Waals surface area contributed by atoms with Crippen LogP contribution in [-0.2, 0) is 16.0 Å². The van der Waals surface area contributed by atoms with Crippen LogP contribution in [0.2, 0.25) is 0 Å². The maximum Gasteiger partial charge on any atom is 0.220 e. The van der Waals surface area contributed by atoms with Crippen LogP contribution in [0.5, 0.6) is 0 Å². The van der Waals surface area contributed by atoms with E-state index in [1.54, 1.807) is 10.9 Å². The fourth-order valence-electron chi connectivity index (χ4n) is 5.07. The van der Waals surface area contributed by atoms with Crippen molar-refractivity contribution in [3.63, 3.8) is 0 Å². The van der Waals surface area contributed by atoms with Crippen LogP contribution in [0.3, 0.4) is 0 Å². The third-order valence-corrected chi connectivity index (χ3v) is 6.92. The Balaban J connectivity index is 1.26. The number of carbonyl (C=O) groups excluding carboxylic acids is 1. The number of ether oxygens (including phenoxy) is 1. The molecule has 10 heteroatoms. The van der Waals surface area contributed by atoms with E-state index in [1.807, 2.05) is 30.3 Å². The standard InChI is InChI=1S/C25H32N6O4/c32-13-18-20(30-19(33)12-6-9-16-7-2-1-3-8-16)22(34)25(35-18)31-15-28-21-23(26-14-27-24(21)31)29-17-10-4-5-11-17/h1-3,7-8,14-15,17-18,20,22,25,32,34H,4-6,9-13H2,(H,30,33)(H,26,27,29)/t18-,20+,22-,25-/m1/s1. The fourth-order valence-corrected chi connectivity index (χ4v) is 5.07. The fraction of sp³-hybridized carbons (Fsp3) is 0.520. The van der Waals surface area contributed by atoms with Gasteiger partial charge >= 0.3 is 0 Å². The summed E-state index contributed by atoms with van der Waals surface area (Å²) < 4.78 is 7.61. The Morgan fingerprint density at radius 1 is 1.14 bits per heavy atom. The van der Waals surface area contributed by atoms with Gasteiger partial charge in [-0.2, -0.15) is 0 Å². The molecule has 1 aromatic carbocycles. The monoisotopic (exact) mass is 480 g/mol. The highest BCUT2D eigenvalue weighted by Gasteiger charge is 2.45. The first-order valence-corrected chi connectivity index (χ1v) is 12.4. The van der Waals surface area contributed by atoms with Gasteiger partial charge in [0, 0.05) is 12.5 Å². The number of rotatable bonds is 9. The number of benzene rings is 1. The van der Waals surface area contributed by atoms with Gasteiger partial charge in [0.1, 0.15) is 18.5 Å². The number of nitrogens with one attached hydrogen (secondary N) is 2. The maximum atomic E-state index is 12.6. The summed E-state index contributed by atoms with van der Waals surface area (Å²) in [5, 5.41) is 27.3. The number of hydrogen-bond acceptors (Lipinski definition) is 8. The lowest BCUT2D eigenvalue weighted by molar-refractivity contribution is -0.123. The number of carbonyl (C=O) groups is 1. The molecule has 4 atom stereocenters. The molecule has 10 nitrogen and oxygen atoms in total. The number of aliphatic hydroxyl groups is 2. The molecule has 1 saturated carbocycles. The van der Waals surface area contributed by atoms with Crippen LogP contribution in [-0.4, -0.2) is 66.5 Å². The van der Waals surface area contributed by atoms with Gasteiger partial charge in [-0.3, -0.25) is 9.36 Å². The molecular weight excluding hydrogens is 448 g/mol. The van der Waals surface area contributed by atoms with E-state index in [2.05, 4.69) is 25.6 Å². The summed E-state index contributed by atoms with van der Waals surface area (Å²) in [6, 6.07) is 9.61. The quantitative estimate of drug-likeness (QED) is 0.365. The van der Waals surface area contributed by atoms with Crippen molar-refractivity contribution in [3.8, 4) is 0 Å². The van der Waals surface area contributed by atoms with Crippen molar-refractivity contribution in [2.45, 2.75) is 75.5 Å². The second kappa shape index (κ2) is 10.7. The van der Waals surface area contributed by atoms with Crippen LogP contribution in [0.4, 0.5) is 5.82 Å². The lowest BCUT2D eigenvalue weighted by Gasteiger charge is -2.21. The number of nitrogens with zero attached hydrogens (tertiary/aromatic N) is 4. The molecule has 186 valence electrons. The highest BCUT2D eigenvalue weighted by molar-refractivity contribution is 5.83. The van der Waals surface area contributed by atoms with Gasteiger partial charge in [0.2, 0.25) is 5.91 Å². The molecule has 3 aromatic rings. The Kier molecular flexibility index (Phi) is 7.21. The van der Waals surface area contributed by atoms with Gasteiger partial charge in [-0.15, -0.1) is 0 Å². The van der Waals surface area contributed by atoms with Gasteiger partial charge in [0.15, 0.2) is 23.2 Å². The van der Waals surface area contributed by atoms with Crippen molar-refractivity contribution in [1.29, 1.82) is 0 Å². The molecule has 2 aliphatic rings. The zero-order valence-electron chi connectivity index (χ0n) is 19.6. The Hall–Kier alpha value is -3.08. The second-order valence-electron chi connectivity index (χ2n) is 9.34. The first kappa shape index (κ1) is 23.7. The minimum Gasteiger partial charge on any atom is -0.394 e. The van der Waals surface area contributed by atoms with Crippen LogP contribution < -0.4 is 10.6 Å². The normalized spacial score (nSPS) is 24.7. The summed E-state index contributed by atoms with van der Waals surface area (Å²) in [4.78, 5) is 25.8. The van der Waals surface area contributed by atoms with E-state index in [-0.39, 0.29) is 12.5 Å². The molecule has 4 N–H and O–H groups in total. The largest absolute Gasteiger partial charge is 0.394 e. The molecule has 5 rings (SSSR count). The Labute approximate surface area is 203 Å². The van der Waals surface area contributed by atoms with Crippen LogP contribution in [0.25, 0.3) is 11.2 Å². The summed E-state index contributed by atoms with van der Waals surface area (Å²) in [7, 11) is 0. The van der Waals surface area contributed by atoms with Crippen LogP contribution in [0.15, 0.2) is 43.0 Å². The van der Waals surface area contributed by atoms with Gasteiger partial charge in [-0.25, -0.2) is 15.0 Å². The van der Waals surface area contributed by atoms with Crippen molar-refractivity contribution in [2.24, 2.45) is 0 Å². The number of aromatic nitrogens is 4. The average molecular weight is 481 g/mol. The predicted molar refractivity (Wildman–Crippen MR) is 130 cm³/mol. The van der Waals surface area contributed by atoms with Crippen molar-refractivity contribution in [1.82, 2.24) is 24.8 Å². The molecule has 1 amide bonds. The predicted octanol–water partition coefficient (Wildman–Crippen LogP) is 1.94. The van der Waals surface area contributed by atoms with Crippen molar-refractivity contribution >= 4 is 22.9 Å². The van der Waals surface area contributed by atoms with E-state index in [0.717, 1.165) is 19.3 Å². The third-order valence-electron chi connectivity index (χ3n) is 6.92. The number of aliphatic hydroxyl groups excluding tert-OH is 2. The number of anilines is 1. The van der Waals surface area contributed by atoms with Crippen LogP contribution in [0.1, 0.15) is 50.3 Å². The molecule has 35 heavy (non-hydrogen) atoms. The van der Waals surface area contributed by atoms with Crippen LogP contribution in [0, 0.1) is 0 Å². The first-order chi connectivity index (χ1) is 17.1. The summed E-state index contributed by atoms with van der Waals surface area (Å²) >= 11 is 0. The molecule has 0 bridgehead atoms. The van der Waals surface area contributed by atoms with E-state index in [9.17, 15) is 15.0 Å². The number of hydrogen-bond donors (Lipinski definition) is 4. The topological polar surface area (TPSA) is 134 Å². The van der Waals surface area contributed by atoms with Crippen molar-refractivity contribution in [2.75, 3.05) is 11.9 Å². The zero-order chi connectivity index (χ0) is 24.2. The SMILES string of the molecule is O=C(CCCc1ccccc1)N[C@@H]1[C@@H](O)[C@H](n2cnc3c(NC4CCCC4)ncnc32)O[C@@H]1CO. The van der Waals surface area contributed by atoms with E-state index >= 15 is 0 Å². The van der Waals surface area contributed by atoms with E-state index in [4.69, 9.17) is 4.74 Å². The Morgan fingerprint density at radius 3 is 2.71 bits per heavy atom. The lowest BCUT2D eigenvalue weighted by atomic mass is 10.1. The van der Waals surface area contributed by atoms with Crippen molar-refractivity contribution in [3.05, 3.63) is 48.5 Å². The number of imidazole rings is 1. The maximum absolute atomic E-state index is 12.6. The third kappa shape index (κ3) is 5.14. The number of amides is 1. The molecule has 3 heterocycles. The summed E-state index contributed by atoms with van der Waals surface area (Å²) in [5.74, 6) is 0.476. The van der Waals surface area contributed by atoms with E-state index in [0.29, 0.717) is 35.9 Å². The van der Waals surface area contributed by atoms with E-state index in [1.165, 1.54) is 24.7 Å². The Bertz CT molecular complexity index is 1130. The van der Waals surface area contributed by atoms with E-state index < -0.39 is 24.5 Å². The number of aryl methyl sites for hydroxylation is 1. The molecular formula is C25H32N6O4. The molecule has 0 radical (unpaired) electrons. The summed E-state index contributed by atoms with van der Waals surface area (Å²) in [6.07, 6.45) is 6.75. The molecule has 1 saturated heterocycles. The molecule has 2 fully saturated rings. The minimum absolute atomic E-state index is 0.187. The van der Waals surface area contributed by atoms with Gasteiger partial charge in [0.05, 0.1) is 19.0 Å². The Morgan fingerprint density at radius 2 is 1.94 bits per heavy atom. The van der Waals surface area contributed by atoms with Crippen LogP contribution >= 0.6 is 0 Å². The lowest BCUT2D eigenvalue weighted by Crippen LogP contribution is -2.48. The van der Waals surface area contributed by atoms with Crippen molar-refractivity contribution < 1.29 is 19.7 Å². The highest BCUT2D eigenvalue weighted by atomic mass is 16.5. The summed E-state index contributed by atoms with van der Waals surface area (Å²) in [5.41, 5.74) is 2.30. The van der Waals surface area contributed by atoms with Gasteiger partial charge in [-0.1, -0.05) is 43.2 Å². The van der Waals surface area contributed by atoms with Gasteiger partial charge in [0.25, 0.3) is 0 Å². The molecule has 0 unspecified atom stereocenters. The first-order valence-electron chi connectivity index (χ1n) is 12.4. The van der Waals surface area contributed by atoms with Gasteiger partial charge < -0.3 is 25.6 Å². The highest BCUT2D eigenvalue weighted by Crippen LogP contribution is 2.33. The van der Waals surface area contributed by atoms with Gasteiger partial charge in [-0.05, 0) is 31.2 Å². The average Bonchev–Trinajstić information content (AvgIpc) is 3.60.